The van der Waals surface area contributed by atoms with E-state index in [0.29, 0.717) is 42.8 Å². The van der Waals surface area contributed by atoms with Crippen molar-refractivity contribution in [1.29, 1.82) is 0 Å². The molecule has 1 aromatic carbocycles. The molecule has 3 heterocycles. The van der Waals surface area contributed by atoms with E-state index in [4.69, 9.17) is 15.2 Å². The van der Waals surface area contributed by atoms with Crippen molar-refractivity contribution in [3.05, 3.63) is 35.2 Å². The number of ether oxygens (including phenoxy) is 2. The van der Waals surface area contributed by atoms with Crippen LogP contribution in [0, 0.1) is 0 Å². The molecule has 3 N–H and O–H groups in total. The van der Waals surface area contributed by atoms with Crippen molar-refractivity contribution in [3.8, 4) is 11.5 Å². The van der Waals surface area contributed by atoms with Gasteiger partial charge in [-0.3, -0.25) is 14.5 Å². The minimum absolute atomic E-state index is 0.151. The molecule has 0 spiro atoms. The molecule has 32 heavy (non-hydrogen) atoms. The number of piperazine rings is 1. The number of rotatable bonds is 6. The van der Waals surface area contributed by atoms with Crippen molar-refractivity contribution in [2.75, 3.05) is 44.7 Å². The molecule has 2 amide bonds. The van der Waals surface area contributed by atoms with Gasteiger partial charge in [0.25, 0.3) is 5.91 Å². The Morgan fingerprint density at radius 2 is 1.78 bits per heavy atom. The van der Waals surface area contributed by atoms with Crippen molar-refractivity contribution >= 4 is 38.2 Å². The molecule has 172 valence electrons. The van der Waals surface area contributed by atoms with Gasteiger partial charge in [0.05, 0.1) is 16.5 Å². The number of amides is 2. The van der Waals surface area contributed by atoms with Crippen LogP contribution in [-0.2, 0) is 14.8 Å². The van der Waals surface area contributed by atoms with Crippen LogP contribution < -0.4 is 20.5 Å². The van der Waals surface area contributed by atoms with E-state index in [9.17, 15) is 18.0 Å². The highest BCUT2D eigenvalue weighted by atomic mass is 32.2. The number of primary amides is 1. The summed E-state index contributed by atoms with van der Waals surface area (Å²) in [4.78, 5) is 26.2. The van der Waals surface area contributed by atoms with Crippen LogP contribution in [-0.4, -0.2) is 74.9 Å². The molecule has 1 aromatic heterocycles. The SMILES string of the molecule is CC(C(=O)Nc1sccc1C(N)=O)N1CCN(S(=O)(=O)c2ccc3c(c2)OCCO3)CC1. The molecular weight excluding hydrogens is 456 g/mol. The molecule has 0 saturated carbocycles. The lowest BCUT2D eigenvalue weighted by molar-refractivity contribution is -0.121. The first-order valence-corrected chi connectivity index (χ1v) is 12.4. The maximum Gasteiger partial charge on any atom is 0.251 e. The van der Waals surface area contributed by atoms with Gasteiger partial charge in [0.2, 0.25) is 15.9 Å². The zero-order chi connectivity index (χ0) is 22.9. The monoisotopic (exact) mass is 480 g/mol. The van der Waals surface area contributed by atoms with Crippen molar-refractivity contribution in [2.24, 2.45) is 5.73 Å². The van der Waals surface area contributed by atoms with E-state index < -0.39 is 22.0 Å². The average Bonchev–Trinajstić information content (AvgIpc) is 3.26. The second-order valence-electron chi connectivity index (χ2n) is 7.44. The van der Waals surface area contributed by atoms with Crippen molar-refractivity contribution in [1.82, 2.24) is 9.21 Å². The molecule has 0 radical (unpaired) electrons. The molecule has 1 saturated heterocycles. The lowest BCUT2D eigenvalue weighted by Gasteiger charge is -2.36. The summed E-state index contributed by atoms with van der Waals surface area (Å²) in [5.74, 6) is 0.0699. The lowest BCUT2D eigenvalue weighted by atomic mass is 10.2. The van der Waals surface area contributed by atoms with Crippen molar-refractivity contribution in [3.63, 3.8) is 0 Å². The molecular formula is C20H24N4O6S2. The fourth-order valence-electron chi connectivity index (χ4n) is 3.65. The second kappa shape index (κ2) is 9.06. The summed E-state index contributed by atoms with van der Waals surface area (Å²) in [5.41, 5.74) is 5.59. The van der Waals surface area contributed by atoms with Crippen LogP contribution in [0.3, 0.4) is 0 Å². The minimum Gasteiger partial charge on any atom is -0.486 e. The minimum atomic E-state index is -3.70. The Kier molecular flexibility index (Phi) is 6.38. The Morgan fingerprint density at radius 1 is 1.09 bits per heavy atom. The third-order valence-corrected chi connectivity index (χ3v) is 8.24. The number of hydrogen-bond acceptors (Lipinski definition) is 8. The lowest BCUT2D eigenvalue weighted by Crippen LogP contribution is -2.53. The van der Waals surface area contributed by atoms with Gasteiger partial charge in [-0.15, -0.1) is 11.3 Å². The van der Waals surface area contributed by atoms with E-state index >= 15 is 0 Å². The van der Waals surface area contributed by atoms with Gasteiger partial charge in [-0.1, -0.05) is 0 Å². The predicted molar refractivity (Wildman–Crippen MR) is 119 cm³/mol. The summed E-state index contributed by atoms with van der Waals surface area (Å²) in [6.45, 7) is 3.85. The first kappa shape index (κ1) is 22.5. The van der Waals surface area contributed by atoms with Gasteiger partial charge in [0.15, 0.2) is 11.5 Å². The summed E-state index contributed by atoms with van der Waals surface area (Å²) < 4.78 is 38.5. The van der Waals surface area contributed by atoms with Gasteiger partial charge in [-0.05, 0) is 30.5 Å². The average molecular weight is 481 g/mol. The Labute approximate surface area is 189 Å². The van der Waals surface area contributed by atoms with Crippen LogP contribution in [0.4, 0.5) is 5.00 Å². The molecule has 1 atom stereocenters. The van der Waals surface area contributed by atoms with Crippen molar-refractivity contribution < 1.29 is 27.5 Å². The van der Waals surface area contributed by atoms with Crippen LogP contribution in [0.2, 0.25) is 0 Å². The van der Waals surface area contributed by atoms with Gasteiger partial charge in [0.1, 0.15) is 18.2 Å². The first-order chi connectivity index (χ1) is 15.3. The summed E-state index contributed by atoms with van der Waals surface area (Å²) in [5, 5.41) is 4.84. The topological polar surface area (TPSA) is 131 Å². The number of sulfonamides is 1. The normalized spacial score (nSPS) is 18.2. The number of benzene rings is 1. The number of nitrogens with zero attached hydrogens (tertiary/aromatic N) is 2. The second-order valence-corrected chi connectivity index (χ2v) is 10.3. The van der Waals surface area contributed by atoms with Crippen LogP contribution in [0.25, 0.3) is 0 Å². The Morgan fingerprint density at radius 3 is 2.47 bits per heavy atom. The molecule has 1 unspecified atom stereocenters. The Bertz CT molecular complexity index is 1120. The summed E-state index contributed by atoms with van der Waals surface area (Å²) in [6.07, 6.45) is 0. The number of carbonyl (C=O) groups is 2. The number of hydrogen-bond donors (Lipinski definition) is 2. The number of nitrogens with one attached hydrogen (secondary N) is 1. The molecule has 2 aliphatic rings. The van der Waals surface area contributed by atoms with Crippen LogP contribution in [0.1, 0.15) is 17.3 Å². The largest absolute Gasteiger partial charge is 0.486 e. The third-order valence-electron chi connectivity index (χ3n) is 5.52. The van der Waals surface area contributed by atoms with Crippen LogP contribution >= 0.6 is 11.3 Å². The van der Waals surface area contributed by atoms with E-state index in [1.54, 1.807) is 24.4 Å². The quantitative estimate of drug-likeness (QED) is 0.629. The van der Waals surface area contributed by atoms with E-state index in [1.807, 2.05) is 4.90 Å². The van der Waals surface area contributed by atoms with Crippen molar-refractivity contribution in [2.45, 2.75) is 17.9 Å². The maximum absolute atomic E-state index is 13.1. The first-order valence-electron chi connectivity index (χ1n) is 10.1. The number of fused-ring (bicyclic) bond motifs is 1. The third kappa shape index (κ3) is 4.44. The molecule has 0 bridgehead atoms. The van der Waals surface area contributed by atoms with Gasteiger partial charge in [-0.25, -0.2) is 8.42 Å². The molecule has 2 aliphatic heterocycles. The maximum atomic E-state index is 13.1. The van der Waals surface area contributed by atoms with E-state index in [-0.39, 0.29) is 29.5 Å². The van der Waals surface area contributed by atoms with Crippen LogP contribution in [0.5, 0.6) is 11.5 Å². The highest BCUT2D eigenvalue weighted by Gasteiger charge is 2.33. The van der Waals surface area contributed by atoms with E-state index in [0.717, 1.165) is 0 Å². The molecule has 1 fully saturated rings. The highest BCUT2D eigenvalue weighted by Crippen LogP contribution is 2.33. The zero-order valence-electron chi connectivity index (χ0n) is 17.4. The summed E-state index contributed by atoms with van der Waals surface area (Å²) in [6, 6.07) is 5.67. The molecule has 12 heteroatoms. The highest BCUT2D eigenvalue weighted by molar-refractivity contribution is 7.89. The van der Waals surface area contributed by atoms with Gasteiger partial charge in [-0.2, -0.15) is 4.31 Å². The summed E-state index contributed by atoms with van der Waals surface area (Å²) >= 11 is 1.22. The fourth-order valence-corrected chi connectivity index (χ4v) is 5.88. The fraction of sp³-hybridized carbons (Fsp3) is 0.400. The molecule has 4 rings (SSSR count). The number of thiophene rings is 1. The number of nitrogens with two attached hydrogens (primary N) is 1. The van der Waals surface area contributed by atoms with Gasteiger partial charge < -0.3 is 20.5 Å². The smallest absolute Gasteiger partial charge is 0.251 e. The Hall–Kier alpha value is -2.67. The van der Waals surface area contributed by atoms with Crippen LogP contribution in [0.15, 0.2) is 34.5 Å². The van der Waals surface area contributed by atoms with Gasteiger partial charge in [0, 0.05) is 32.2 Å². The number of anilines is 1. The summed E-state index contributed by atoms with van der Waals surface area (Å²) in [7, 11) is -3.70. The molecule has 2 aromatic rings. The Balaban J connectivity index is 1.38. The molecule has 0 aliphatic carbocycles. The van der Waals surface area contributed by atoms with Gasteiger partial charge >= 0.3 is 0 Å². The van der Waals surface area contributed by atoms with E-state index in [1.165, 1.54) is 27.8 Å². The molecule has 10 nitrogen and oxygen atoms in total. The number of carbonyl (C=O) groups excluding carboxylic acids is 2. The standard InChI is InChI=1S/C20H24N4O6S2/c1-13(19(26)22-20-15(18(21)25)4-11-31-20)23-5-7-24(8-6-23)32(27,28)14-2-3-16-17(12-14)30-10-9-29-16/h2-4,11-13H,5-10H2,1H3,(H2,21,25)(H,22,26). The van der Waals surface area contributed by atoms with E-state index in [2.05, 4.69) is 5.32 Å². The predicted octanol–water partition coefficient (Wildman–Crippen LogP) is 0.952. The zero-order valence-corrected chi connectivity index (χ0v) is 19.1.